The van der Waals surface area contributed by atoms with Gasteiger partial charge in [-0.1, -0.05) is 13.8 Å². The Kier molecular flexibility index (Phi) is 6.80. The van der Waals surface area contributed by atoms with E-state index in [0.717, 1.165) is 42.7 Å². The maximum atomic E-state index is 9.28. The van der Waals surface area contributed by atoms with Crippen molar-refractivity contribution >= 4 is 17.3 Å². The predicted octanol–water partition coefficient (Wildman–Crippen LogP) is 1.72. The molecule has 7 heteroatoms. The van der Waals surface area contributed by atoms with Gasteiger partial charge in [0.05, 0.1) is 23.9 Å². The summed E-state index contributed by atoms with van der Waals surface area (Å²) in [6.07, 6.45) is 1.72. The Balaban J connectivity index is 1.83. The summed E-state index contributed by atoms with van der Waals surface area (Å²) in [6.45, 7) is 7.37. The van der Waals surface area contributed by atoms with Crippen LogP contribution in [0.2, 0.25) is 0 Å². The van der Waals surface area contributed by atoms with E-state index in [1.54, 1.807) is 18.4 Å². The lowest BCUT2D eigenvalue weighted by atomic mass is 9.84. The molecule has 130 valence electrons. The Morgan fingerprint density at radius 3 is 2.91 bits per heavy atom. The van der Waals surface area contributed by atoms with Crippen LogP contribution in [0.3, 0.4) is 0 Å². The number of rotatable bonds is 7. The normalized spacial score (nSPS) is 21.9. The highest BCUT2D eigenvalue weighted by Crippen LogP contribution is 2.31. The number of aliphatic hydroxyl groups is 1. The van der Waals surface area contributed by atoms with Crippen LogP contribution in [-0.2, 0) is 11.3 Å². The maximum absolute atomic E-state index is 9.28. The molecule has 23 heavy (non-hydrogen) atoms. The molecule has 0 aromatic carbocycles. The Morgan fingerprint density at radius 1 is 1.52 bits per heavy atom. The summed E-state index contributed by atoms with van der Waals surface area (Å²) >= 11 is 1.70. The highest BCUT2D eigenvalue weighted by atomic mass is 32.1. The lowest BCUT2D eigenvalue weighted by Crippen LogP contribution is -2.44. The fourth-order valence-electron chi connectivity index (χ4n) is 2.65. The van der Waals surface area contributed by atoms with Gasteiger partial charge in [-0.2, -0.15) is 0 Å². The van der Waals surface area contributed by atoms with Crippen molar-refractivity contribution in [3.05, 3.63) is 16.1 Å². The minimum absolute atomic E-state index is 0.0117. The number of aliphatic imine (C=N–C) groups is 1. The number of thiazole rings is 1. The van der Waals surface area contributed by atoms with Crippen LogP contribution in [0.5, 0.6) is 0 Å². The number of nitrogens with zero attached hydrogens (tertiary/aromatic N) is 2. The molecule has 0 saturated carbocycles. The molecule has 1 fully saturated rings. The van der Waals surface area contributed by atoms with Crippen LogP contribution in [0.25, 0.3) is 0 Å². The summed E-state index contributed by atoms with van der Waals surface area (Å²) in [6, 6.07) is 0. The standard InChI is InChI=1S/C16H28N4O2S/c1-12(2)14-20-13(9-23-14)8-18-15(17-3)19-10-16(4-6-21)5-7-22-11-16/h9,12,21H,4-8,10-11H2,1-3H3,(H2,17,18,19). The number of ether oxygens (including phenoxy) is 1. The van der Waals surface area contributed by atoms with Crippen molar-refractivity contribution < 1.29 is 9.84 Å². The van der Waals surface area contributed by atoms with E-state index in [4.69, 9.17) is 4.74 Å². The summed E-state index contributed by atoms with van der Waals surface area (Å²) in [4.78, 5) is 8.88. The molecule has 0 spiro atoms. The fraction of sp³-hybridized carbons (Fsp3) is 0.750. The first-order chi connectivity index (χ1) is 11.1. The summed E-state index contributed by atoms with van der Waals surface area (Å²) in [5.41, 5.74) is 1.05. The number of aromatic nitrogens is 1. The molecule has 2 rings (SSSR count). The molecule has 1 atom stereocenters. The topological polar surface area (TPSA) is 78.8 Å². The van der Waals surface area contributed by atoms with Crippen molar-refractivity contribution in [3.8, 4) is 0 Å². The molecule has 1 aliphatic rings. The molecule has 1 aliphatic heterocycles. The predicted molar refractivity (Wildman–Crippen MR) is 94.0 cm³/mol. The van der Waals surface area contributed by atoms with Gasteiger partial charge in [0.15, 0.2) is 5.96 Å². The van der Waals surface area contributed by atoms with Gasteiger partial charge >= 0.3 is 0 Å². The third-order valence-electron chi connectivity index (χ3n) is 4.18. The zero-order chi connectivity index (χ0) is 16.7. The van der Waals surface area contributed by atoms with Crippen molar-refractivity contribution in [3.63, 3.8) is 0 Å². The van der Waals surface area contributed by atoms with Gasteiger partial charge in [0.2, 0.25) is 0 Å². The van der Waals surface area contributed by atoms with Gasteiger partial charge in [-0.15, -0.1) is 11.3 Å². The van der Waals surface area contributed by atoms with E-state index in [9.17, 15) is 5.11 Å². The molecule has 1 aromatic heterocycles. The molecule has 0 amide bonds. The molecule has 2 heterocycles. The highest BCUT2D eigenvalue weighted by Gasteiger charge is 2.34. The van der Waals surface area contributed by atoms with E-state index in [1.807, 2.05) is 0 Å². The van der Waals surface area contributed by atoms with Crippen molar-refractivity contribution in [2.24, 2.45) is 10.4 Å². The van der Waals surface area contributed by atoms with Crippen LogP contribution in [0.15, 0.2) is 10.4 Å². The first-order valence-corrected chi connectivity index (χ1v) is 9.04. The lowest BCUT2D eigenvalue weighted by molar-refractivity contribution is 0.127. The van der Waals surface area contributed by atoms with Gasteiger partial charge in [-0.05, 0) is 12.8 Å². The van der Waals surface area contributed by atoms with Gasteiger partial charge in [0.25, 0.3) is 0 Å². The number of aliphatic hydroxyl groups excluding tert-OH is 1. The fourth-order valence-corrected chi connectivity index (χ4v) is 3.48. The zero-order valence-corrected chi connectivity index (χ0v) is 15.1. The van der Waals surface area contributed by atoms with Crippen molar-refractivity contribution in [1.82, 2.24) is 15.6 Å². The minimum Gasteiger partial charge on any atom is -0.396 e. The van der Waals surface area contributed by atoms with Crippen molar-refractivity contribution in [1.29, 1.82) is 0 Å². The van der Waals surface area contributed by atoms with Crippen molar-refractivity contribution in [2.45, 2.75) is 39.2 Å². The van der Waals surface area contributed by atoms with E-state index in [2.05, 4.69) is 39.8 Å². The lowest BCUT2D eigenvalue weighted by Gasteiger charge is -2.27. The van der Waals surface area contributed by atoms with Crippen LogP contribution >= 0.6 is 11.3 Å². The van der Waals surface area contributed by atoms with Crippen LogP contribution in [0, 0.1) is 5.41 Å². The van der Waals surface area contributed by atoms with Gasteiger partial charge < -0.3 is 20.5 Å². The first-order valence-electron chi connectivity index (χ1n) is 8.16. The molecule has 1 saturated heterocycles. The quantitative estimate of drug-likeness (QED) is 0.520. The van der Waals surface area contributed by atoms with Crippen LogP contribution in [0.4, 0.5) is 0 Å². The van der Waals surface area contributed by atoms with E-state index >= 15 is 0 Å². The van der Waals surface area contributed by atoms with E-state index in [0.29, 0.717) is 19.1 Å². The monoisotopic (exact) mass is 340 g/mol. The highest BCUT2D eigenvalue weighted by molar-refractivity contribution is 7.09. The minimum atomic E-state index is 0.0117. The van der Waals surface area contributed by atoms with Crippen LogP contribution in [0.1, 0.15) is 43.3 Å². The Morgan fingerprint density at radius 2 is 2.35 bits per heavy atom. The number of nitrogens with one attached hydrogen (secondary N) is 2. The van der Waals surface area contributed by atoms with E-state index < -0.39 is 0 Å². The summed E-state index contributed by atoms with van der Waals surface area (Å²) in [5.74, 6) is 1.22. The molecule has 1 aromatic rings. The molecule has 0 bridgehead atoms. The first kappa shape index (κ1) is 18.2. The summed E-state index contributed by atoms with van der Waals surface area (Å²) in [7, 11) is 1.76. The Hall–Kier alpha value is -1.18. The maximum Gasteiger partial charge on any atom is 0.191 e. The average molecular weight is 340 g/mol. The van der Waals surface area contributed by atoms with E-state index in [1.165, 1.54) is 0 Å². The smallest absolute Gasteiger partial charge is 0.191 e. The van der Waals surface area contributed by atoms with Crippen LogP contribution < -0.4 is 10.6 Å². The molecular weight excluding hydrogens is 312 g/mol. The second kappa shape index (κ2) is 8.61. The Bertz CT molecular complexity index is 510. The van der Waals surface area contributed by atoms with Crippen molar-refractivity contribution in [2.75, 3.05) is 33.4 Å². The van der Waals surface area contributed by atoms with Gasteiger partial charge in [0.1, 0.15) is 0 Å². The third kappa shape index (κ3) is 5.16. The molecule has 0 radical (unpaired) electrons. The zero-order valence-electron chi connectivity index (χ0n) is 14.3. The van der Waals surface area contributed by atoms with Gasteiger partial charge in [0, 0.05) is 43.5 Å². The number of hydrogen-bond donors (Lipinski definition) is 3. The molecule has 1 unspecified atom stereocenters. The summed E-state index contributed by atoms with van der Waals surface area (Å²) in [5, 5.41) is 19.2. The third-order valence-corrected chi connectivity index (χ3v) is 5.38. The largest absolute Gasteiger partial charge is 0.396 e. The second-order valence-electron chi connectivity index (χ2n) is 6.39. The summed E-state index contributed by atoms with van der Waals surface area (Å²) < 4.78 is 5.51. The molecular formula is C16H28N4O2S. The van der Waals surface area contributed by atoms with Crippen LogP contribution in [-0.4, -0.2) is 49.5 Å². The molecule has 6 nitrogen and oxygen atoms in total. The number of guanidine groups is 1. The Labute approximate surface area is 142 Å². The van der Waals surface area contributed by atoms with Gasteiger partial charge in [-0.3, -0.25) is 4.99 Å². The molecule has 0 aliphatic carbocycles. The average Bonchev–Trinajstić information content (AvgIpc) is 3.18. The second-order valence-corrected chi connectivity index (χ2v) is 7.28. The SMILES string of the molecule is CN=C(NCc1csc(C(C)C)n1)NCC1(CCO)CCOC1. The van der Waals surface area contributed by atoms with Gasteiger partial charge in [-0.25, -0.2) is 4.98 Å². The number of hydrogen-bond acceptors (Lipinski definition) is 5. The molecule has 3 N–H and O–H groups in total. The van der Waals surface area contributed by atoms with E-state index in [-0.39, 0.29) is 12.0 Å².